The zero-order valence-electron chi connectivity index (χ0n) is 23.9. The molecule has 4 aromatic rings. The predicted octanol–water partition coefficient (Wildman–Crippen LogP) is 5.29. The number of aromatic nitrogens is 1. The lowest BCUT2D eigenvalue weighted by atomic mass is 10.1. The van der Waals surface area contributed by atoms with E-state index in [0.29, 0.717) is 24.5 Å². The molecule has 1 N–H and O–H groups in total. The van der Waals surface area contributed by atoms with Gasteiger partial charge in [0.1, 0.15) is 18.5 Å². The third-order valence-electron chi connectivity index (χ3n) is 7.63. The number of aliphatic hydroxyl groups excluding tert-OH is 1. The molecule has 0 amide bonds. The van der Waals surface area contributed by atoms with Crippen LogP contribution in [0.3, 0.4) is 0 Å². The number of nitrogens with zero attached hydrogens (tertiary/aromatic N) is 3. The van der Waals surface area contributed by atoms with Gasteiger partial charge in [-0.05, 0) is 70.2 Å². The summed E-state index contributed by atoms with van der Waals surface area (Å²) >= 11 is 0. The number of aliphatic hydroxyl groups is 1. The molecule has 7 heteroatoms. The fraction of sp³-hybridized carbons (Fsp3) is 0.364. The van der Waals surface area contributed by atoms with Crippen LogP contribution in [-0.4, -0.2) is 72.6 Å². The number of esters is 1. The van der Waals surface area contributed by atoms with Gasteiger partial charge < -0.3 is 24.0 Å². The van der Waals surface area contributed by atoms with E-state index in [0.717, 1.165) is 48.5 Å². The quantitative estimate of drug-likeness (QED) is 0.290. The van der Waals surface area contributed by atoms with Gasteiger partial charge in [-0.1, -0.05) is 35.4 Å². The molecular formula is C33H39N3O4. The highest BCUT2D eigenvalue weighted by molar-refractivity contribution is 6.07. The van der Waals surface area contributed by atoms with Crippen LogP contribution in [0.4, 0.5) is 5.69 Å². The highest BCUT2D eigenvalue weighted by Crippen LogP contribution is 2.33. The van der Waals surface area contributed by atoms with E-state index in [1.165, 1.54) is 16.8 Å². The molecule has 1 unspecified atom stereocenters. The molecule has 1 aliphatic heterocycles. The van der Waals surface area contributed by atoms with Crippen LogP contribution >= 0.6 is 0 Å². The van der Waals surface area contributed by atoms with Crippen molar-refractivity contribution < 1.29 is 19.4 Å². The van der Waals surface area contributed by atoms with Crippen LogP contribution in [0, 0.1) is 20.8 Å². The second-order valence-corrected chi connectivity index (χ2v) is 10.6. The first kappa shape index (κ1) is 27.7. The van der Waals surface area contributed by atoms with Crippen LogP contribution in [0.5, 0.6) is 5.75 Å². The zero-order valence-corrected chi connectivity index (χ0v) is 23.9. The number of hydrogen-bond acceptors (Lipinski definition) is 6. The second-order valence-electron chi connectivity index (χ2n) is 10.6. The van der Waals surface area contributed by atoms with Crippen molar-refractivity contribution in [3.63, 3.8) is 0 Å². The van der Waals surface area contributed by atoms with E-state index >= 15 is 0 Å². The summed E-state index contributed by atoms with van der Waals surface area (Å²) in [7, 11) is 0. The number of aryl methyl sites for hydroxylation is 2. The SMILES string of the molecule is CCOC(=O)c1c(C)n(-c2ccc(C)cc2)c2ccc(OCC(O)CN3CCN(c4ccc(C)cc4)CC3)cc12. The maximum absolute atomic E-state index is 13.0. The lowest BCUT2D eigenvalue weighted by Crippen LogP contribution is -2.49. The Balaban J connectivity index is 1.26. The first-order chi connectivity index (χ1) is 19.3. The summed E-state index contributed by atoms with van der Waals surface area (Å²) < 4.78 is 13.5. The Morgan fingerprint density at radius 1 is 0.875 bits per heavy atom. The average Bonchev–Trinajstić information content (AvgIpc) is 3.24. The number of anilines is 1. The van der Waals surface area contributed by atoms with Crippen molar-refractivity contribution in [1.82, 2.24) is 9.47 Å². The summed E-state index contributed by atoms with van der Waals surface area (Å²) in [6.07, 6.45) is -0.620. The standard InChI is InChI=1S/C33H39N3O4/c1-5-39-33(38)32-25(4)36(27-12-8-24(3)9-13-27)31-15-14-29(20-30(31)32)40-22-28(37)21-34-16-18-35(19-17-34)26-10-6-23(2)7-11-26/h6-15,20,28,37H,5,16-19,21-22H2,1-4H3. The predicted molar refractivity (Wildman–Crippen MR) is 160 cm³/mol. The van der Waals surface area contributed by atoms with Gasteiger partial charge in [-0.2, -0.15) is 0 Å². The Morgan fingerprint density at radius 2 is 1.50 bits per heavy atom. The summed E-state index contributed by atoms with van der Waals surface area (Å²) in [6.45, 7) is 12.6. The second kappa shape index (κ2) is 12.1. The molecule has 0 spiro atoms. The maximum Gasteiger partial charge on any atom is 0.340 e. The monoisotopic (exact) mass is 541 g/mol. The Kier molecular flexibility index (Phi) is 8.43. The molecule has 0 saturated carbocycles. The Morgan fingerprint density at radius 3 is 2.12 bits per heavy atom. The number of ether oxygens (including phenoxy) is 2. The van der Waals surface area contributed by atoms with Gasteiger partial charge in [0.2, 0.25) is 0 Å². The minimum atomic E-state index is -0.620. The van der Waals surface area contributed by atoms with Gasteiger partial charge >= 0.3 is 5.97 Å². The molecule has 210 valence electrons. The van der Waals surface area contributed by atoms with Gasteiger partial charge in [-0.15, -0.1) is 0 Å². The van der Waals surface area contributed by atoms with Crippen LogP contribution in [0.25, 0.3) is 16.6 Å². The molecule has 40 heavy (non-hydrogen) atoms. The van der Waals surface area contributed by atoms with E-state index in [4.69, 9.17) is 9.47 Å². The molecule has 2 heterocycles. The molecule has 1 aliphatic rings. The van der Waals surface area contributed by atoms with Gasteiger partial charge in [-0.3, -0.25) is 4.90 Å². The van der Waals surface area contributed by atoms with Crippen molar-refractivity contribution in [1.29, 1.82) is 0 Å². The summed E-state index contributed by atoms with van der Waals surface area (Å²) in [6, 6.07) is 22.6. The largest absolute Gasteiger partial charge is 0.491 e. The van der Waals surface area contributed by atoms with Crippen molar-refractivity contribution in [2.24, 2.45) is 0 Å². The van der Waals surface area contributed by atoms with E-state index in [2.05, 4.69) is 76.7 Å². The zero-order chi connectivity index (χ0) is 28.2. The molecular weight excluding hydrogens is 502 g/mol. The molecule has 0 aliphatic carbocycles. The number of rotatable bonds is 9. The number of hydrogen-bond donors (Lipinski definition) is 1. The summed E-state index contributed by atoms with van der Waals surface area (Å²) in [5, 5.41) is 11.5. The highest BCUT2D eigenvalue weighted by Gasteiger charge is 2.23. The summed E-state index contributed by atoms with van der Waals surface area (Å²) in [5.74, 6) is 0.264. The summed E-state index contributed by atoms with van der Waals surface area (Å²) in [5.41, 5.74) is 6.93. The first-order valence-electron chi connectivity index (χ1n) is 14.1. The van der Waals surface area contributed by atoms with Crippen molar-refractivity contribution in [3.05, 3.63) is 89.1 Å². The van der Waals surface area contributed by atoms with Crippen molar-refractivity contribution in [3.8, 4) is 11.4 Å². The lowest BCUT2D eigenvalue weighted by molar-refractivity contribution is 0.0527. The first-order valence-corrected chi connectivity index (χ1v) is 14.1. The van der Waals surface area contributed by atoms with Gasteiger partial charge in [-0.25, -0.2) is 4.79 Å². The molecule has 0 bridgehead atoms. The van der Waals surface area contributed by atoms with Crippen LogP contribution in [0.2, 0.25) is 0 Å². The Bertz CT molecular complexity index is 1450. The topological polar surface area (TPSA) is 67.2 Å². The number of benzene rings is 3. The number of carbonyl (C=O) groups excluding carboxylic acids is 1. The van der Waals surface area contributed by atoms with Crippen molar-refractivity contribution in [2.75, 3.05) is 50.8 Å². The fourth-order valence-corrected chi connectivity index (χ4v) is 5.46. The maximum atomic E-state index is 13.0. The van der Waals surface area contributed by atoms with E-state index in [1.807, 2.05) is 32.0 Å². The molecule has 5 rings (SSSR count). The van der Waals surface area contributed by atoms with Crippen LogP contribution < -0.4 is 9.64 Å². The molecule has 0 radical (unpaired) electrons. The molecule has 7 nitrogen and oxygen atoms in total. The Labute approximate surface area is 236 Å². The normalized spacial score (nSPS) is 14.9. The average molecular weight is 542 g/mol. The van der Waals surface area contributed by atoms with Crippen molar-refractivity contribution in [2.45, 2.75) is 33.8 Å². The molecule has 1 fully saturated rings. The minimum Gasteiger partial charge on any atom is -0.491 e. The van der Waals surface area contributed by atoms with E-state index in [-0.39, 0.29) is 12.6 Å². The fourth-order valence-electron chi connectivity index (χ4n) is 5.46. The molecule has 1 aromatic heterocycles. The van der Waals surface area contributed by atoms with Gasteiger partial charge in [0, 0.05) is 55.2 Å². The van der Waals surface area contributed by atoms with E-state index in [9.17, 15) is 9.90 Å². The third-order valence-corrected chi connectivity index (χ3v) is 7.63. The van der Waals surface area contributed by atoms with E-state index < -0.39 is 6.10 Å². The number of piperazine rings is 1. The Hall–Kier alpha value is -3.81. The molecule has 1 atom stereocenters. The molecule has 1 saturated heterocycles. The van der Waals surface area contributed by atoms with Crippen LogP contribution in [0.1, 0.15) is 34.1 Å². The lowest BCUT2D eigenvalue weighted by Gasteiger charge is -2.36. The number of fused-ring (bicyclic) bond motifs is 1. The van der Waals surface area contributed by atoms with Crippen LogP contribution in [0.15, 0.2) is 66.7 Å². The molecule has 3 aromatic carbocycles. The minimum absolute atomic E-state index is 0.177. The summed E-state index contributed by atoms with van der Waals surface area (Å²) in [4.78, 5) is 17.7. The number of carbonyl (C=O) groups is 1. The van der Waals surface area contributed by atoms with Gasteiger partial charge in [0.25, 0.3) is 0 Å². The third kappa shape index (κ3) is 6.01. The van der Waals surface area contributed by atoms with Gasteiger partial charge in [0.05, 0.1) is 17.7 Å². The number of β-amino-alcohol motifs (C(OH)–C–C–N with tert-alkyl or cyclic N) is 1. The van der Waals surface area contributed by atoms with E-state index in [1.54, 1.807) is 0 Å². The van der Waals surface area contributed by atoms with Gasteiger partial charge in [0.15, 0.2) is 0 Å². The smallest absolute Gasteiger partial charge is 0.340 e. The highest BCUT2D eigenvalue weighted by atomic mass is 16.5. The van der Waals surface area contributed by atoms with Crippen LogP contribution in [-0.2, 0) is 4.74 Å². The van der Waals surface area contributed by atoms with Crippen molar-refractivity contribution >= 4 is 22.6 Å².